The standard InChI is InChI=1S/C11H12ClN3O/c1-16-9-5-3-2-4-8(9)6-10-13-11(7-12)15-14-10/h2-5H,6-7H2,1H3,(H,13,14,15). The van der Waals surface area contributed by atoms with Gasteiger partial charge in [-0.1, -0.05) is 18.2 Å². The largest absolute Gasteiger partial charge is 0.496 e. The average Bonchev–Trinajstić information content (AvgIpc) is 2.77. The highest BCUT2D eigenvalue weighted by Crippen LogP contribution is 2.19. The molecule has 2 rings (SSSR count). The number of alkyl halides is 1. The molecular weight excluding hydrogens is 226 g/mol. The fourth-order valence-electron chi connectivity index (χ4n) is 1.50. The maximum atomic E-state index is 5.63. The molecular formula is C11H12ClN3O. The van der Waals surface area contributed by atoms with Gasteiger partial charge in [0.15, 0.2) is 5.82 Å². The van der Waals surface area contributed by atoms with Gasteiger partial charge in [-0.3, -0.25) is 5.10 Å². The van der Waals surface area contributed by atoms with Crippen molar-refractivity contribution < 1.29 is 4.74 Å². The number of ether oxygens (including phenoxy) is 1. The molecule has 0 aliphatic heterocycles. The van der Waals surface area contributed by atoms with Crippen LogP contribution in [0.4, 0.5) is 0 Å². The lowest BCUT2D eigenvalue weighted by Gasteiger charge is -2.05. The van der Waals surface area contributed by atoms with E-state index >= 15 is 0 Å². The number of aromatic nitrogens is 3. The molecule has 16 heavy (non-hydrogen) atoms. The number of methoxy groups -OCH3 is 1. The Bertz CT molecular complexity index is 470. The monoisotopic (exact) mass is 237 g/mol. The van der Waals surface area contributed by atoms with E-state index < -0.39 is 0 Å². The quantitative estimate of drug-likeness (QED) is 0.829. The van der Waals surface area contributed by atoms with Crippen LogP contribution in [0.25, 0.3) is 0 Å². The van der Waals surface area contributed by atoms with Crippen molar-refractivity contribution in [1.82, 2.24) is 15.2 Å². The van der Waals surface area contributed by atoms with E-state index in [-0.39, 0.29) is 0 Å². The molecule has 5 heteroatoms. The smallest absolute Gasteiger partial charge is 0.165 e. The molecule has 0 bridgehead atoms. The normalized spacial score (nSPS) is 10.4. The highest BCUT2D eigenvalue weighted by Gasteiger charge is 2.06. The summed E-state index contributed by atoms with van der Waals surface area (Å²) in [5.41, 5.74) is 1.07. The molecule has 0 atom stereocenters. The maximum absolute atomic E-state index is 5.63. The van der Waals surface area contributed by atoms with E-state index in [0.717, 1.165) is 17.1 Å². The lowest BCUT2D eigenvalue weighted by molar-refractivity contribution is 0.410. The van der Waals surface area contributed by atoms with Crippen LogP contribution in [-0.2, 0) is 12.3 Å². The summed E-state index contributed by atoms with van der Waals surface area (Å²) in [5, 5.41) is 6.83. The molecule has 2 aromatic rings. The SMILES string of the molecule is COc1ccccc1Cc1nc(CCl)n[nH]1. The van der Waals surface area contributed by atoms with Gasteiger partial charge in [0.1, 0.15) is 11.6 Å². The van der Waals surface area contributed by atoms with Crippen molar-refractivity contribution in [3.63, 3.8) is 0 Å². The zero-order valence-corrected chi connectivity index (χ0v) is 9.66. The minimum atomic E-state index is 0.322. The van der Waals surface area contributed by atoms with Gasteiger partial charge in [0.25, 0.3) is 0 Å². The van der Waals surface area contributed by atoms with E-state index in [1.54, 1.807) is 7.11 Å². The second-order valence-electron chi connectivity index (χ2n) is 3.32. The Labute approximate surface area is 98.6 Å². The molecule has 4 nitrogen and oxygen atoms in total. The average molecular weight is 238 g/mol. The summed E-state index contributed by atoms with van der Waals surface area (Å²) in [7, 11) is 1.66. The molecule has 0 aliphatic carbocycles. The third kappa shape index (κ3) is 2.33. The molecule has 0 unspecified atom stereocenters. The third-order valence-electron chi connectivity index (χ3n) is 2.25. The molecule has 0 saturated heterocycles. The molecule has 0 radical (unpaired) electrons. The number of halogens is 1. The number of nitrogens with one attached hydrogen (secondary N) is 1. The van der Waals surface area contributed by atoms with Crippen molar-refractivity contribution in [2.75, 3.05) is 7.11 Å². The Morgan fingerprint density at radius 1 is 1.38 bits per heavy atom. The van der Waals surface area contributed by atoms with E-state index in [1.165, 1.54) is 0 Å². The van der Waals surface area contributed by atoms with Gasteiger partial charge in [-0.15, -0.1) is 11.6 Å². The first-order valence-electron chi connectivity index (χ1n) is 4.91. The van der Waals surface area contributed by atoms with Gasteiger partial charge in [-0.05, 0) is 6.07 Å². The van der Waals surface area contributed by atoms with Gasteiger partial charge in [-0.2, -0.15) is 5.10 Å². The van der Waals surface area contributed by atoms with Gasteiger partial charge >= 0.3 is 0 Å². The van der Waals surface area contributed by atoms with Crippen molar-refractivity contribution in [2.45, 2.75) is 12.3 Å². The van der Waals surface area contributed by atoms with Crippen LogP contribution in [0.3, 0.4) is 0 Å². The summed E-state index contributed by atoms with van der Waals surface area (Å²) in [5.74, 6) is 2.58. The van der Waals surface area contributed by atoms with Crippen LogP contribution >= 0.6 is 11.6 Å². The highest BCUT2D eigenvalue weighted by atomic mass is 35.5. The van der Waals surface area contributed by atoms with Crippen LogP contribution in [0.15, 0.2) is 24.3 Å². The van der Waals surface area contributed by atoms with Crippen molar-refractivity contribution in [1.29, 1.82) is 0 Å². The van der Waals surface area contributed by atoms with E-state index in [9.17, 15) is 0 Å². The van der Waals surface area contributed by atoms with Crippen molar-refractivity contribution in [3.05, 3.63) is 41.5 Å². The summed E-state index contributed by atoms with van der Waals surface area (Å²) in [4.78, 5) is 4.25. The molecule has 0 spiro atoms. The summed E-state index contributed by atoms with van der Waals surface area (Å²) in [6, 6.07) is 7.83. The molecule has 1 heterocycles. The fourth-order valence-corrected chi connectivity index (χ4v) is 1.62. The predicted molar refractivity (Wildman–Crippen MR) is 61.7 cm³/mol. The molecule has 0 aliphatic rings. The van der Waals surface area contributed by atoms with E-state index in [4.69, 9.17) is 16.3 Å². The van der Waals surface area contributed by atoms with Crippen LogP contribution in [0.5, 0.6) is 5.75 Å². The van der Waals surface area contributed by atoms with Gasteiger partial charge in [0.05, 0.1) is 13.0 Å². The maximum Gasteiger partial charge on any atom is 0.165 e. The Morgan fingerprint density at radius 2 is 2.19 bits per heavy atom. The van der Waals surface area contributed by atoms with Crippen LogP contribution in [0.1, 0.15) is 17.2 Å². The Balaban J connectivity index is 2.19. The zero-order chi connectivity index (χ0) is 11.4. The molecule has 1 aromatic carbocycles. The van der Waals surface area contributed by atoms with Crippen molar-refractivity contribution >= 4 is 11.6 Å². The topological polar surface area (TPSA) is 50.8 Å². The first-order valence-corrected chi connectivity index (χ1v) is 5.45. The number of nitrogens with zero attached hydrogens (tertiary/aromatic N) is 2. The summed E-state index contributed by atoms with van der Waals surface area (Å²) in [6.45, 7) is 0. The molecule has 0 amide bonds. The Hall–Kier alpha value is -1.55. The minimum absolute atomic E-state index is 0.322. The molecule has 1 aromatic heterocycles. The summed E-state index contributed by atoms with van der Waals surface area (Å²) in [6.07, 6.45) is 0.661. The number of H-pyrrole nitrogens is 1. The molecule has 0 saturated carbocycles. The first kappa shape index (κ1) is 11.0. The fraction of sp³-hybridized carbons (Fsp3) is 0.273. The number of benzene rings is 1. The molecule has 0 fully saturated rings. The van der Waals surface area contributed by atoms with Crippen molar-refractivity contribution in [2.24, 2.45) is 0 Å². The van der Waals surface area contributed by atoms with Crippen LogP contribution in [0.2, 0.25) is 0 Å². The van der Waals surface area contributed by atoms with E-state index in [1.807, 2.05) is 24.3 Å². The van der Waals surface area contributed by atoms with E-state index in [0.29, 0.717) is 18.1 Å². The van der Waals surface area contributed by atoms with Crippen LogP contribution in [-0.4, -0.2) is 22.3 Å². The number of aromatic amines is 1. The predicted octanol–water partition coefficient (Wildman–Crippen LogP) is 2.14. The van der Waals surface area contributed by atoms with Crippen LogP contribution < -0.4 is 4.74 Å². The van der Waals surface area contributed by atoms with Gasteiger partial charge in [0, 0.05) is 12.0 Å². The lowest BCUT2D eigenvalue weighted by Crippen LogP contribution is -1.95. The molecule has 84 valence electrons. The minimum Gasteiger partial charge on any atom is -0.496 e. The van der Waals surface area contributed by atoms with Crippen LogP contribution in [0, 0.1) is 0 Å². The third-order valence-corrected chi connectivity index (χ3v) is 2.49. The lowest BCUT2D eigenvalue weighted by atomic mass is 10.1. The highest BCUT2D eigenvalue weighted by molar-refractivity contribution is 6.16. The Kier molecular flexibility index (Phi) is 3.41. The molecule has 1 N–H and O–H groups in total. The van der Waals surface area contributed by atoms with Gasteiger partial charge in [0.2, 0.25) is 0 Å². The zero-order valence-electron chi connectivity index (χ0n) is 8.90. The Morgan fingerprint density at radius 3 is 2.88 bits per heavy atom. The summed E-state index contributed by atoms with van der Waals surface area (Å²) >= 11 is 5.63. The van der Waals surface area contributed by atoms with Gasteiger partial charge < -0.3 is 4.74 Å². The second kappa shape index (κ2) is 4.99. The number of hydrogen-bond donors (Lipinski definition) is 1. The van der Waals surface area contributed by atoms with Crippen molar-refractivity contribution in [3.8, 4) is 5.75 Å². The number of hydrogen-bond acceptors (Lipinski definition) is 3. The van der Waals surface area contributed by atoms with Gasteiger partial charge in [-0.25, -0.2) is 4.98 Å². The van der Waals surface area contributed by atoms with E-state index in [2.05, 4.69) is 15.2 Å². The second-order valence-corrected chi connectivity index (χ2v) is 3.59. The number of para-hydroxylation sites is 1. The summed E-state index contributed by atoms with van der Waals surface area (Å²) < 4.78 is 5.26. The first-order chi connectivity index (χ1) is 7.83. The number of rotatable bonds is 4.